The summed E-state index contributed by atoms with van der Waals surface area (Å²) in [6.07, 6.45) is 0. The number of para-hydroxylation sites is 1. The summed E-state index contributed by atoms with van der Waals surface area (Å²) in [4.78, 5) is 4.51. The number of aromatic nitrogens is 1. The number of pyridine rings is 1. The number of hydrogen-bond acceptors (Lipinski definition) is 5. The second-order valence-corrected chi connectivity index (χ2v) is 5.36. The molecule has 0 saturated heterocycles. The molecule has 2 aromatic carbocycles. The second-order valence-electron chi connectivity index (χ2n) is 5.36. The molecule has 3 aromatic rings. The fourth-order valence-electron chi connectivity index (χ4n) is 2.62. The smallest absolute Gasteiger partial charge is 0.163 e. The van der Waals surface area contributed by atoms with Crippen molar-refractivity contribution in [2.45, 2.75) is 6.54 Å². The Morgan fingerprint density at radius 3 is 2.78 bits per heavy atom. The van der Waals surface area contributed by atoms with Crippen molar-refractivity contribution in [3.05, 3.63) is 54.2 Å². The molecule has 1 aliphatic heterocycles. The van der Waals surface area contributed by atoms with Crippen LogP contribution in [0.25, 0.3) is 10.9 Å². The average Bonchev–Trinajstić information content (AvgIpc) is 2.60. The van der Waals surface area contributed by atoms with E-state index in [-0.39, 0.29) is 5.75 Å². The first kappa shape index (κ1) is 13.7. The molecule has 5 heteroatoms. The Morgan fingerprint density at radius 2 is 1.87 bits per heavy atom. The maximum absolute atomic E-state index is 9.90. The number of ether oxygens (including phenoxy) is 2. The highest BCUT2D eigenvalue weighted by atomic mass is 16.6. The Morgan fingerprint density at radius 1 is 1.00 bits per heavy atom. The molecule has 0 unspecified atom stereocenters. The van der Waals surface area contributed by atoms with Gasteiger partial charge in [-0.3, -0.25) is 0 Å². The Kier molecular flexibility index (Phi) is 3.38. The molecule has 0 radical (unpaired) electrons. The Bertz CT molecular complexity index is 864. The van der Waals surface area contributed by atoms with Crippen LogP contribution in [0.5, 0.6) is 17.2 Å². The van der Waals surface area contributed by atoms with Gasteiger partial charge in [-0.1, -0.05) is 18.2 Å². The first-order chi connectivity index (χ1) is 11.3. The van der Waals surface area contributed by atoms with Gasteiger partial charge in [0.05, 0.1) is 12.2 Å². The highest BCUT2D eigenvalue weighted by Gasteiger charge is 2.11. The molecule has 0 bridgehead atoms. The lowest BCUT2D eigenvalue weighted by atomic mass is 10.2. The third-order valence-electron chi connectivity index (χ3n) is 3.77. The lowest BCUT2D eigenvalue weighted by molar-refractivity contribution is 0.171. The molecule has 0 amide bonds. The van der Waals surface area contributed by atoms with Gasteiger partial charge in [0.1, 0.15) is 24.5 Å². The predicted octanol–water partition coefficient (Wildman–Crippen LogP) is 3.32. The molecular formula is C18H16N2O3. The van der Waals surface area contributed by atoms with Crippen LogP contribution in [-0.2, 0) is 6.54 Å². The number of rotatable bonds is 3. The van der Waals surface area contributed by atoms with Crippen molar-refractivity contribution < 1.29 is 14.6 Å². The lowest BCUT2D eigenvalue weighted by Gasteiger charge is -2.19. The van der Waals surface area contributed by atoms with E-state index in [9.17, 15) is 5.11 Å². The first-order valence-electron chi connectivity index (χ1n) is 7.51. The Labute approximate surface area is 133 Å². The van der Waals surface area contributed by atoms with E-state index in [2.05, 4.69) is 10.3 Å². The number of nitrogens with one attached hydrogen (secondary N) is 1. The average molecular weight is 308 g/mol. The highest BCUT2D eigenvalue weighted by Crippen LogP contribution is 2.32. The minimum absolute atomic E-state index is 0.198. The van der Waals surface area contributed by atoms with Gasteiger partial charge in [0.15, 0.2) is 11.5 Å². The summed E-state index contributed by atoms with van der Waals surface area (Å²) >= 11 is 0. The second kappa shape index (κ2) is 5.68. The zero-order valence-electron chi connectivity index (χ0n) is 12.5. The quantitative estimate of drug-likeness (QED) is 0.777. The van der Waals surface area contributed by atoms with E-state index in [0.29, 0.717) is 25.3 Å². The van der Waals surface area contributed by atoms with Gasteiger partial charge in [0.25, 0.3) is 0 Å². The van der Waals surface area contributed by atoms with Crippen LogP contribution in [0.15, 0.2) is 48.5 Å². The summed E-state index contributed by atoms with van der Waals surface area (Å²) in [6, 6.07) is 15.1. The number of aromatic hydroxyl groups is 1. The van der Waals surface area contributed by atoms with Crippen LogP contribution < -0.4 is 14.8 Å². The third kappa shape index (κ3) is 2.73. The van der Waals surface area contributed by atoms with Gasteiger partial charge in [-0.15, -0.1) is 0 Å². The van der Waals surface area contributed by atoms with Gasteiger partial charge in [-0.2, -0.15) is 0 Å². The van der Waals surface area contributed by atoms with Crippen molar-refractivity contribution in [3.8, 4) is 17.2 Å². The summed E-state index contributed by atoms with van der Waals surface area (Å²) in [5, 5.41) is 14.1. The number of benzene rings is 2. The van der Waals surface area contributed by atoms with E-state index in [0.717, 1.165) is 28.3 Å². The number of phenols is 1. The largest absolute Gasteiger partial charge is 0.506 e. The van der Waals surface area contributed by atoms with Gasteiger partial charge in [-0.05, 0) is 24.3 Å². The molecule has 2 N–H and O–H groups in total. The standard InChI is InChI=1S/C18H16N2O3/c21-15-3-1-2-12-4-5-14(20-18(12)15)11-19-13-6-7-16-17(10-13)23-9-8-22-16/h1-7,10,19,21H,8-9,11H2. The Hall–Kier alpha value is -2.95. The summed E-state index contributed by atoms with van der Waals surface area (Å²) < 4.78 is 11.1. The molecular weight excluding hydrogens is 292 g/mol. The first-order valence-corrected chi connectivity index (χ1v) is 7.51. The van der Waals surface area contributed by atoms with Gasteiger partial charge in [0, 0.05) is 17.1 Å². The van der Waals surface area contributed by atoms with E-state index in [1.54, 1.807) is 6.07 Å². The monoisotopic (exact) mass is 308 g/mol. The Balaban J connectivity index is 1.53. The summed E-state index contributed by atoms with van der Waals surface area (Å²) in [5.41, 5.74) is 2.41. The zero-order valence-corrected chi connectivity index (χ0v) is 12.5. The molecule has 0 atom stereocenters. The molecule has 23 heavy (non-hydrogen) atoms. The van der Waals surface area contributed by atoms with E-state index < -0.39 is 0 Å². The molecule has 1 aliphatic rings. The van der Waals surface area contributed by atoms with Crippen LogP contribution in [0.2, 0.25) is 0 Å². The summed E-state index contributed by atoms with van der Waals surface area (Å²) in [7, 11) is 0. The van der Waals surface area contributed by atoms with Crippen molar-refractivity contribution >= 4 is 16.6 Å². The number of hydrogen-bond donors (Lipinski definition) is 2. The number of fused-ring (bicyclic) bond motifs is 2. The molecule has 116 valence electrons. The van der Waals surface area contributed by atoms with Gasteiger partial charge < -0.3 is 19.9 Å². The van der Waals surface area contributed by atoms with E-state index in [1.165, 1.54) is 0 Å². The molecule has 5 nitrogen and oxygen atoms in total. The lowest BCUT2D eigenvalue weighted by Crippen LogP contribution is -2.15. The maximum Gasteiger partial charge on any atom is 0.163 e. The maximum atomic E-state index is 9.90. The van der Waals surface area contributed by atoms with Crippen LogP contribution in [-0.4, -0.2) is 23.3 Å². The van der Waals surface area contributed by atoms with Crippen LogP contribution in [0.1, 0.15) is 5.69 Å². The van der Waals surface area contributed by atoms with E-state index >= 15 is 0 Å². The van der Waals surface area contributed by atoms with Crippen LogP contribution in [0.4, 0.5) is 5.69 Å². The van der Waals surface area contributed by atoms with Crippen molar-refractivity contribution in [2.24, 2.45) is 0 Å². The SMILES string of the molecule is Oc1cccc2ccc(CNc3ccc4c(c3)OCCO4)nc12. The minimum atomic E-state index is 0.198. The number of phenolic OH excluding ortho intramolecular Hbond substituents is 1. The molecule has 0 spiro atoms. The molecule has 0 saturated carbocycles. The fraction of sp³-hybridized carbons (Fsp3) is 0.167. The predicted molar refractivity (Wildman–Crippen MR) is 88.2 cm³/mol. The van der Waals surface area contributed by atoms with Crippen LogP contribution >= 0.6 is 0 Å². The van der Waals surface area contributed by atoms with Crippen LogP contribution in [0, 0.1) is 0 Å². The fourth-order valence-corrected chi connectivity index (χ4v) is 2.62. The topological polar surface area (TPSA) is 63.6 Å². The third-order valence-corrected chi connectivity index (χ3v) is 3.77. The highest BCUT2D eigenvalue weighted by molar-refractivity contribution is 5.84. The normalized spacial score (nSPS) is 13.0. The van der Waals surface area contributed by atoms with Crippen molar-refractivity contribution in [3.63, 3.8) is 0 Å². The molecule has 1 aromatic heterocycles. The van der Waals surface area contributed by atoms with Gasteiger partial charge in [-0.25, -0.2) is 4.98 Å². The van der Waals surface area contributed by atoms with E-state index in [4.69, 9.17) is 9.47 Å². The van der Waals surface area contributed by atoms with Crippen molar-refractivity contribution in [2.75, 3.05) is 18.5 Å². The summed E-state index contributed by atoms with van der Waals surface area (Å²) in [6.45, 7) is 1.72. The molecule has 4 rings (SSSR count). The van der Waals surface area contributed by atoms with Crippen molar-refractivity contribution in [1.29, 1.82) is 0 Å². The summed E-state index contributed by atoms with van der Waals surface area (Å²) in [5.74, 6) is 1.73. The molecule has 0 aliphatic carbocycles. The van der Waals surface area contributed by atoms with Gasteiger partial charge >= 0.3 is 0 Å². The number of nitrogens with zero attached hydrogens (tertiary/aromatic N) is 1. The van der Waals surface area contributed by atoms with Crippen LogP contribution in [0.3, 0.4) is 0 Å². The van der Waals surface area contributed by atoms with Crippen molar-refractivity contribution in [1.82, 2.24) is 4.98 Å². The number of anilines is 1. The molecule has 2 heterocycles. The minimum Gasteiger partial charge on any atom is -0.506 e. The van der Waals surface area contributed by atoms with E-state index in [1.807, 2.05) is 42.5 Å². The zero-order chi connectivity index (χ0) is 15.6. The van der Waals surface area contributed by atoms with Gasteiger partial charge in [0.2, 0.25) is 0 Å². The molecule has 0 fully saturated rings.